The third-order valence-electron chi connectivity index (χ3n) is 7.48. The molecule has 1 aliphatic carbocycles. The minimum absolute atomic E-state index is 0.247. The van der Waals surface area contributed by atoms with Crippen LogP contribution < -0.4 is 4.72 Å². The average molecular weight is 512 g/mol. The van der Waals surface area contributed by atoms with E-state index in [4.69, 9.17) is 0 Å². The van der Waals surface area contributed by atoms with Gasteiger partial charge in [0.2, 0.25) is 10.0 Å². The standard InChI is InChI=1S/C30H29N3O3S/c34-30(32-37(35,36)20-21-9-3-1-4-10-21)23-15-16-25-27(19-23)33-18-8-14-26-24(13-7-17-31-26)29(33)28(25)22-11-5-2-6-12-22/h1,3-4,7-10,13-17,19,22H,2,5-6,11-12,18,20H2,(H,32,34). The van der Waals surface area contributed by atoms with Gasteiger partial charge in [-0.1, -0.05) is 61.7 Å². The summed E-state index contributed by atoms with van der Waals surface area (Å²) < 4.78 is 30.0. The zero-order valence-corrected chi connectivity index (χ0v) is 21.4. The van der Waals surface area contributed by atoms with E-state index in [1.807, 2.05) is 30.5 Å². The smallest absolute Gasteiger partial charge is 0.264 e. The lowest BCUT2D eigenvalue weighted by molar-refractivity contribution is 0.0981. The van der Waals surface area contributed by atoms with Crippen LogP contribution >= 0.6 is 0 Å². The number of hydrogen-bond donors (Lipinski definition) is 1. The molecule has 2 aromatic heterocycles. The summed E-state index contributed by atoms with van der Waals surface area (Å²) in [6.45, 7) is 0.659. The number of allylic oxidation sites excluding steroid dienone is 1. The number of carbonyl (C=O) groups is 1. The highest BCUT2D eigenvalue weighted by Crippen LogP contribution is 2.45. The van der Waals surface area contributed by atoms with E-state index >= 15 is 0 Å². The minimum Gasteiger partial charge on any atom is -0.336 e. The Bertz CT molecular complexity index is 1610. The van der Waals surface area contributed by atoms with Crippen molar-refractivity contribution in [2.45, 2.75) is 50.3 Å². The van der Waals surface area contributed by atoms with E-state index < -0.39 is 15.9 Å². The molecule has 6 nitrogen and oxygen atoms in total. The van der Waals surface area contributed by atoms with E-state index in [1.54, 1.807) is 30.3 Å². The van der Waals surface area contributed by atoms with Crippen molar-refractivity contribution in [2.75, 3.05) is 0 Å². The first-order valence-corrected chi connectivity index (χ1v) is 14.5. The van der Waals surface area contributed by atoms with E-state index in [9.17, 15) is 13.2 Å². The lowest BCUT2D eigenvalue weighted by Gasteiger charge is -2.23. The molecule has 1 saturated carbocycles. The Labute approximate surface area is 217 Å². The third kappa shape index (κ3) is 4.60. The normalized spacial score (nSPS) is 15.7. The monoisotopic (exact) mass is 511 g/mol. The summed E-state index contributed by atoms with van der Waals surface area (Å²) in [6, 6.07) is 18.6. The maximum absolute atomic E-state index is 13.1. The number of pyridine rings is 1. The predicted octanol–water partition coefficient (Wildman–Crippen LogP) is 6.04. The van der Waals surface area contributed by atoms with E-state index in [0.29, 0.717) is 23.6 Å². The Hall–Kier alpha value is -3.71. The molecule has 0 saturated heterocycles. The Morgan fingerprint density at radius 3 is 2.62 bits per heavy atom. The molecule has 1 aliphatic heterocycles. The number of benzene rings is 2. The second-order valence-corrected chi connectivity index (χ2v) is 11.7. The van der Waals surface area contributed by atoms with E-state index in [2.05, 4.69) is 32.5 Å². The molecule has 4 aromatic rings. The zero-order valence-electron chi connectivity index (χ0n) is 20.6. The first-order valence-electron chi connectivity index (χ1n) is 12.9. The van der Waals surface area contributed by atoms with Crippen LogP contribution in [0.5, 0.6) is 0 Å². The van der Waals surface area contributed by atoms with Crippen LogP contribution in [0.3, 0.4) is 0 Å². The number of nitrogens with one attached hydrogen (secondary N) is 1. The number of nitrogens with zero attached hydrogens (tertiary/aromatic N) is 2. The van der Waals surface area contributed by atoms with Gasteiger partial charge in [-0.15, -0.1) is 0 Å². The van der Waals surface area contributed by atoms with Crippen molar-refractivity contribution in [1.82, 2.24) is 14.3 Å². The molecule has 0 spiro atoms. The molecule has 0 atom stereocenters. The second-order valence-electron chi connectivity index (χ2n) is 9.95. The molecule has 2 aliphatic rings. The number of carbonyl (C=O) groups excluding carboxylic acids is 1. The first kappa shape index (κ1) is 23.7. The predicted molar refractivity (Wildman–Crippen MR) is 147 cm³/mol. The lowest BCUT2D eigenvalue weighted by atomic mass is 9.81. The topological polar surface area (TPSA) is 81.1 Å². The van der Waals surface area contributed by atoms with Gasteiger partial charge in [-0.05, 0) is 60.2 Å². The van der Waals surface area contributed by atoms with Crippen molar-refractivity contribution < 1.29 is 13.2 Å². The molecular weight excluding hydrogens is 482 g/mol. The van der Waals surface area contributed by atoms with Gasteiger partial charge in [-0.2, -0.15) is 0 Å². The van der Waals surface area contributed by atoms with Crippen molar-refractivity contribution in [3.05, 3.63) is 95.3 Å². The SMILES string of the molecule is O=C(NS(=O)(=O)Cc1ccccc1)c1ccc2c(C3CCCCC3)c3n(c2c1)CC=Cc1ncccc1-3. The van der Waals surface area contributed by atoms with Crippen molar-refractivity contribution in [3.8, 4) is 11.3 Å². The highest BCUT2D eigenvalue weighted by Gasteiger charge is 2.28. The van der Waals surface area contributed by atoms with Crippen LogP contribution in [0.1, 0.15) is 65.2 Å². The number of fused-ring (bicyclic) bond motifs is 5. The van der Waals surface area contributed by atoms with Gasteiger partial charge in [0.05, 0.1) is 17.1 Å². The van der Waals surface area contributed by atoms with Gasteiger partial charge in [0, 0.05) is 34.8 Å². The van der Waals surface area contributed by atoms with Crippen LogP contribution in [0.2, 0.25) is 0 Å². The van der Waals surface area contributed by atoms with Crippen LogP contribution in [-0.2, 0) is 22.3 Å². The summed E-state index contributed by atoms with van der Waals surface area (Å²) in [4.78, 5) is 17.7. The fraction of sp³-hybridized carbons (Fsp3) is 0.267. The molecule has 6 rings (SSSR count). The summed E-state index contributed by atoms with van der Waals surface area (Å²) in [7, 11) is -3.84. The fourth-order valence-corrected chi connectivity index (χ4v) is 6.96. The molecule has 1 N–H and O–H groups in total. The van der Waals surface area contributed by atoms with Crippen molar-refractivity contribution in [2.24, 2.45) is 0 Å². The molecule has 1 fully saturated rings. The molecule has 37 heavy (non-hydrogen) atoms. The minimum atomic E-state index is -3.84. The van der Waals surface area contributed by atoms with Crippen LogP contribution in [0.15, 0.2) is 72.9 Å². The van der Waals surface area contributed by atoms with Crippen LogP contribution in [0.4, 0.5) is 0 Å². The summed E-state index contributed by atoms with van der Waals surface area (Å²) in [6.07, 6.45) is 12.0. The third-order valence-corrected chi connectivity index (χ3v) is 8.69. The van der Waals surface area contributed by atoms with Gasteiger partial charge in [-0.25, -0.2) is 13.1 Å². The van der Waals surface area contributed by atoms with Gasteiger partial charge in [-0.3, -0.25) is 9.78 Å². The van der Waals surface area contributed by atoms with Gasteiger partial charge in [0.25, 0.3) is 5.91 Å². The molecule has 0 unspecified atom stereocenters. The number of amides is 1. The molecule has 1 amide bonds. The Morgan fingerprint density at radius 2 is 1.81 bits per heavy atom. The van der Waals surface area contributed by atoms with Gasteiger partial charge in [0.15, 0.2) is 0 Å². The Balaban J connectivity index is 1.43. The van der Waals surface area contributed by atoms with Crippen molar-refractivity contribution in [3.63, 3.8) is 0 Å². The van der Waals surface area contributed by atoms with Crippen LogP contribution in [0, 0.1) is 0 Å². The largest absolute Gasteiger partial charge is 0.336 e. The van der Waals surface area contributed by atoms with E-state index in [0.717, 1.165) is 35.0 Å². The molecule has 0 radical (unpaired) electrons. The maximum atomic E-state index is 13.1. The summed E-state index contributed by atoms with van der Waals surface area (Å²) in [5.74, 6) is -0.411. The molecule has 7 heteroatoms. The van der Waals surface area contributed by atoms with Gasteiger partial charge >= 0.3 is 0 Å². The maximum Gasteiger partial charge on any atom is 0.264 e. The molecule has 0 bridgehead atoms. The highest BCUT2D eigenvalue weighted by molar-refractivity contribution is 7.89. The summed E-state index contributed by atoms with van der Waals surface area (Å²) >= 11 is 0. The number of sulfonamides is 1. The number of rotatable bonds is 5. The summed E-state index contributed by atoms with van der Waals surface area (Å²) in [5.41, 5.74) is 6.46. The lowest BCUT2D eigenvalue weighted by Crippen LogP contribution is -2.31. The van der Waals surface area contributed by atoms with Crippen LogP contribution in [0.25, 0.3) is 28.2 Å². The quantitative estimate of drug-likeness (QED) is 0.354. The zero-order chi connectivity index (χ0) is 25.4. The molecule has 3 heterocycles. The Morgan fingerprint density at radius 1 is 1.00 bits per heavy atom. The van der Waals surface area contributed by atoms with Crippen molar-refractivity contribution in [1.29, 1.82) is 0 Å². The van der Waals surface area contributed by atoms with Gasteiger partial charge < -0.3 is 4.57 Å². The van der Waals surface area contributed by atoms with Gasteiger partial charge in [0.1, 0.15) is 0 Å². The average Bonchev–Trinajstić information content (AvgIpc) is 3.10. The second kappa shape index (κ2) is 9.63. The molecule has 2 aromatic carbocycles. The van der Waals surface area contributed by atoms with Crippen molar-refractivity contribution >= 4 is 32.9 Å². The van der Waals surface area contributed by atoms with E-state index in [-0.39, 0.29) is 5.75 Å². The number of hydrogen-bond acceptors (Lipinski definition) is 4. The highest BCUT2D eigenvalue weighted by atomic mass is 32.2. The first-order chi connectivity index (χ1) is 18.0. The fourth-order valence-electron chi connectivity index (χ4n) is 5.85. The number of aromatic nitrogens is 2. The van der Waals surface area contributed by atoms with Crippen LogP contribution in [-0.4, -0.2) is 23.9 Å². The summed E-state index contributed by atoms with van der Waals surface area (Å²) in [5, 5.41) is 1.13. The Kier molecular flexibility index (Phi) is 6.16. The molecule has 188 valence electrons. The van der Waals surface area contributed by atoms with E-state index in [1.165, 1.54) is 30.5 Å². The molecular formula is C30H29N3O3S.